The highest BCUT2D eigenvalue weighted by Crippen LogP contribution is 2.33. The van der Waals surface area contributed by atoms with Gasteiger partial charge in [-0.2, -0.15) is 0 Å². The lowest BCUT2D eigenvalue weighted by Crippen LogP contribution is -2.42. The fourth-order valence-electron chi connectivity index (χ4n) is 3.12. The molecule has 25 heavy (non-hydrogen) atoms. The van der Waals surface area contributed by atoms with Crippen molar-refractivity contribution in [2.24, 2.45) is 0 Å². The molecule has 0 radical (unpaired) electrons. The van der Waals surface area contributed by atoms with E-state index in [1.165, 1.54) is 12.1 Å². The van der Waals surface area contributed by atoms with Crippen LogP contribution in [0.5, 0.6) is 0 Å². The van der Waals surface area contributed by atoms with E-state index in [9.17, 15) is 20.2 Å². The Morgan fingerprint density at radius 3 is 2.48 bits per heavy atom. The maximum Gasteiger partial charge on any atom is 0.299 e. The SMILES string of the molecule is O=[N+]([O-])c1ccc(N2CCCC(Nc3ccccc3)C2)c([N+](=O)[O-])c1. The summed E-state index contributed by atoms with van der Waals surface area (Å²) in [7, 11) is 0. The highest BCUT2D eigenvalue weighted by Gasteiger charge is 2.27. The number of para-hydroxylation sites is 1. The van der Waals surface area contributed by atoms with E-state index in [1.807, 2.05) is 35.2 Å². The molecule has 1 saturated heterocycles. The minimum Gasteiger partial charge on any atom is -0.381 e. The lowest BCUT2D eigenvalue weighted by atomic mass is 10.0. The van der Waals surface area contributed by atoms with E-state index in [4.69, 9.17) is 0 Å². The van der Waals surface area contributed by atoms with Crippen molar-refractivity contribution in [3.8, 4) is 0 Å². The number of anilines is 2. The minimum atomic E-state index is -0.618. The van der Waals surface area contributed by atoms with Crippen molar-refractivity contribution in [3.05, 3.63) is 68.8 Å². The Kier molecular flexibility index (Phi) is 4.78. The Hall–Kier alpha value is -3.16. The van der Waals surface area contributed by atoms with Gasteiger partial charge in [-0.15, -0.1) is 0 Å². The maximum absolute atomic E-state index is 11.4. The van der Waals surface area contributed by atoms with Gasteiger partial charge in [-0.3, -0.25) is 20.2 Å². The van der Waals surface area contributed by atoms with E-state index in [2.05, 4.69) is 5.32 Å². The van der Waals surface area contributed by atoms with Crippen LogP contribution in [0.1, 0.15) is 12.8 Å². The molecule has 8 nitrogen and oxygen atoms in total. The van der Waals surface area contributed by atoms with E-state index in [0.29, 0.717) is 18.8 Å². The van der Waals surface area contributed by atoms with Crippen LogP contribution in [0, 0.1) is 20.2 Å². The van der Waals surface area contributed by atoms with E-state index in [1.54, 1.807) is 0 Å². The van der Waals surface area contributed by atoms with Crippen molar-refractivity contribution in [1.29, 1.82) is 0 Å². The Morgan fingerprint density at radius 1 is 1.04 bits per heavy atom. The maximum atomic E-state index is 11.4. The third-order valence-corrected chi connectivity index (χ3v) is 4.27. The van der Waals surface area contributed by atoms with Gasteiger partial charge in [0.2, 0.25) is 0 Å². The van der Waals surface area contributed by atoms with Crippen molar-refractivity contribution < 1.29 is 9.85 Å². The number of nitrogens with one attached hydrogen (secondary N) is 1. The van der Waals surface area contributed by atoms with Gasteiger partial charge >= 0.3 is 0 Å². The Balaban J connectivity index is 1.81. The smallest absolute Gasteiger partial charge is 0.299 e. The van der Waals surface area contributed by atoms with Crippen molar-refractivity contribution >= 4 is 22.7 Å². The fraction of sp³-hybridized carbons (Fsp3) is 0.294. The van der Waals surface area contributed by atoms with Gasteiger partial charge in [0.15, 0.2) is 0 Å². The summed E-state index contributed by atoms with van der Waals surface area (Å²) in [5, 5.41) is 25.7. The molecule has 8 heteroatoms. The number of non-ortho nitro benzene ring substituents is 1. The second-order valence-corrected chi connectivity index (χ2v) is 5.98. The Labute approximate surface area is 144 Å². The van der Waals surface area contributed by atoms with Crippen LogP contribution in [0.2, 0.25) is 0 Å². The number of benzene rings is 2. The molecule has 1 fully saturated rings. The number of rotatable bonds is 5. The predicted molar refractivity (Wildman–Crippen MR) is 95.1 cm³/mol. The third kappa shape index (κ3) is 3.85. The molecule has 0 saturated carbocycles. The molecule has 1 unspecified atom stereocenters. The molecular weight excluding hydrogens is 324 g/mol. The molecule has 2 aromatic rings. The van der Waals surface area contributed by atoms with Gasteiger partial charge in [-0.05, 0) is 31.0 Å². The zero-order chi connectivity index (χ0) is 17.8. The van der Waals surface area contributed by atoms with Crippen LogP contribution in [0.15, 0.2) is 48.5 Å². The van der Waals surface area contributed by atoms with Crippen molar-refractivity contribution in [2.75, 3.05) is 23.3 Å². The summed E-state index contributed by atoms with van der Waals surface area (Å²) < 4.78 is 0. The summed E-state index contributed by atoms with van der Waals surface area (Å²) in [6.07, 6.45) is 1.85. The normalized spacial score (nSPS) is 17.1. The number of nitro benzene ring substituents is 2. The van der Waals surface area contributed by atoms with E-state index < -0.39 is 9.85 Å². The van der Waals surface area contributed by atoms with Gasteiger partial charge in [0.05, 0.1) is 15.9 Å². The van der Waals surface area contributed by atoms with E-state index >= 15 is 0 Å². The summed E-state index contributed by atoms with van der Waals surface area (Å²) in [5.74, 6) is 0. The molecule has 0 aromatic heterocycles. The topological polar surface area (TPSA) is 102 Å². The molecular formula is C17H18N4O4. The quantitative estimate of drug-likeness (QED) is 0.658. The highest BCUT2D eigenvalue weighted by molar-refractivity contribution is 5.67. The average Bonchev–Trinajstić information content (AvgIpc) is 2.62. The summed E-state index contributed by atoms with van der Waals surface area (Å²) >= 11 is 0. The molecule has 130 valence electrons. The zero-order valence-electron chi connectivity index (χ0n) is 13.5. The number of nitro groups is 2. The van der Waals surface area contributed by atoms with E-state index in [0.717, 1.165) is 24.6 Å². The molecule has 3 rings (SSSR count). The molecule has 1 aliphatic heterocycles. The molecule has 1 heterocycles. The fourth-order valence-corrected chi connectivity index (χ4v) is 3.12. The van der Waals surface area contributed by atoms with Crippen molar-refractivity contribution in [2.45, 2.75) is 18.9 Å². The van der Waals surface area contributed by atoms with Crippen molar-refractivity contribution in [3.63, 3.8) is 0 Å². The van der Waals surface area contributed by atoms with Crippen LogP contribution in [-0.2, 0) is 0 Å². The summed E-state index contributed by atoms with van der Waals surface area (Å²) in [6, 6.07) is 13.8. The van der Waals surface area contributed by atoms with Gasteiger partial charge in [0.25, 0.3) is 11.4 Å². The lowest BCUT2D eigenvalue weighted by Gasteiger charge is -2.34. The average molecular weight is 342 g/mol. The third-order valence-electron chi connectivity index (χ3n) is 4.27. The van der Waals surface area contributed by atoms with Gasteiger partial charge in [0, 0.05) is 30.9 Å². The standard InChI is InChI=1S/C17H18N4O4/c22-20(23)15-8-9-16(17(11-15)21(24)25)19-10-4-7-14(12-19)18-13-5-2-1-3-6-13/h1-3,5-6,8-9,11,14,18H,4,7,10,12H2. The van der Waals surface area contributed by atoms with Gasteiger partial charge in [-0.1, -0.05) is 18.2 Å². The molecule has 1 N–H and O–H groups in total. The molecule has 1 aliphatic rings. The van der Waals surface area contributed by atoms with Crippen LogP contribution in [0.4, 0.5) is 22.7 Å². The molecule has 0 aliphatic carbocycles. The minimum absolute atomic E-state index is 0.158. The number of hydrogen-bond acceptors (Lipinski definition) is 6. The molecule has 2 aromatic carbocycles. The largest absolute Gasteiger partial charge is 0.381 e. The Bertz CT molecular complexity index is 781. The second-order valence-electron chi connectivity index (χ2n) is 5.98. The first-order chi connectivity index (χ1) is 12.0. The second kappa shape index (κ2) is 7.16. The highest BCUT2D eigenvalue weighted by atomic mass is 16.6. The van der Waals surface area contributed by atoms with Crippen LogP contribution in [0.25, 0.3) is 0 Å². The van der Waals surface area contributed by atoms with E-state index in [-0.39, 0.29) is 17.4 Å². The molecule has 0 amide bonds. The molecule has 0 spiro atoms. The van der Waals surface area contributed by atoms with Crippen LogP contribution in [-0.4, -0.2) is 29.0 Å². The summed E-state index contributed by atoms with van der Waals surface area (Å²) in [6.45, 7) is 1.29. The van der Waals surface area contributed by atoms with Crippen molar-refractivity contribution in [1.82, 2.24) is 0 Å². The first kappa shape index (κ1) is 16.7. The Morgan fingerprint density at radius 2 is 1.80 bits per heavy atom. The van der Waals surface area contributed by atoms with Gasteiger partial charge in [0.1, 0.15) is 5.69 Å². The number of nitrogens with zero attached hydrogens (tertiary/aromatic N) is 3. The van der Waals surface area contributed by atoms with Crippen LogP contribution < -0.4 is 10.2 Å². The van der Waals surface area contributed by atoms with Crippen LogP contribution >= 0.6 is 0 Å². The first-order valence-corrected chi connectivity index (χ1v) is 8.04. The predicted octanol–water partition coefficient (Wildman–Crippen LogP) is 3.58. The number of piperidine rings is 1. The summed E-state index contributed by atoms with van der Waals surface area (Å²) in [4.78, 5) is 23.0. The lowest BCUT2D eigenvalue weighted by molar-refractivity contribution is -0.393. The summed E-state index contributed by atoms with van der Waals surface area (Å²) in [5.41, 5.74) is 0.934. The first-order valence-electron chi connectivity index (χ1n) is 8.04. The number of hydrogen-bond donors (Lipinski definition) is 1. The van der Waals surface area contributed by atoms with Gasteiger partial charge < -0.3 is 10.2 Å². The van der Waals surface area contributed by atoms with Crippen LogP contribution in [0.3, 0.4) is 0 Å². The molecule has 1 atom stereocenters. The monoisotopic (exact) mass is 342 g/mol. The van der Waals surface area contributed by atoms with Gasteiger partial charge in [-0.25, -0.2) is 0 Å². The zero-order valence-corrected chi connectivity index (χ0v) is 13.5. The molecule has 0 bridgehead atoms.